The molecule has 2 aromatic heterocycles. The van der Waals surface area contributed by atoms with Gasteiger partial charge in [-0.15, -0.1) is 0 Å². The molecule has 186 valence electrons. The number of rotatable bonds is 6. The number of imidazole rings is 1. The molecule has 1 aliphatic heterocycles. The Bertz CT molecular complexity index is 1380. The maximum absolute atomic E-state index is 12.6. The highest BCUT2D eigenvalue weighted by Crippen LogP contribution is 2.32. The number of hydrogen-bond acceptors (Lipinski definition) is 7. The average Bonchev–Trinajstić information content (AvgIpc) is 3.49. The van der Waals surface area contributed by atoms with Gasteiger partial charge in [0.15, 0.2) is 0 Å². The normalized spacial score (nSPS) is 13.1. The summed E-state index contributed by atoms with van der Waals surface area (Å²) >= 11 is 6.37. The molecule has 0 radical (unpaired) electrons. The fourth-order valence-corrected chi connectivity index (χ4v) is 4.30. The second-order valence-corrected chi connectivity index (χ2v) is 9.22. The number of aromatic nitrogens is 4. The van der Waals surface area contributed by atoms with E-state index in [1.807, 2.05) is 57.2 Å². The molecule has 36 heavy (non-hydrogen) atoms. The summed E-state index contributed by atoms with van der Waals surface area (Å²) in [6.07, 6.45) is -0.351. The lowest BCUT2D eigenvalue weighted by Crippen LogP contribution is -2.38. The first-order valence-corrected chi connectivity index (χ1v) is 12.1. The van der Waals surface area contributed by atoms with Gasteiger partial charge in [0.1, 0.15) is 23.9 Å². The Morgan fingerprint density at radius 1 is 1.14 bits per heavy atom. The third-order valence-electron chi connectivity index (χ3n) is 5.87. The van der Waals surface area contributed by atoms with Crippen molar-refractivity contribution < 1.29 is 18.8 Å². The largest absolute Gasteiger partial charge is 0.489 e. The number of carbonyl (C=O) groups excluding carboxylic acids is 1. The number of hydrogen-bond donors (Lipinski definition) is 0. The highest BCUT2D eigenvalue weighted by molar-refractivity contribution is 6.32. The molecule has 10 heteroatoms. The van der Waals surface area contributed by atoms with Gasteiger partial charge in [-0.1, -0.05) is 47.1 Å². The molecular formula is C26H26ClN5O4. The first-order chi connectivity index (χ1) is 17.4. The molecule has 3 heterocycles. The van der Waals surface area contributed by atoms with Gasteiger partial charge in [-0.3, -0.25) is 4.90 Å². The Morgan fingerprint density at radius 3 is 2.69 bits per heavy atom. The van der Waals surface area contributed by atoms with E-state index in [0.717, 1.165) is 17.1 Å². The van der Waals surface area contributed by atoms with Gasteiger partial charge in [0.05, 0.1) is 17.7 Å². The molecule has 0 spiro atoms. The molecule has 4 aromatic rings. The van der Waals surface area contributed by atoms with Crippen LogP contribution in [-0.4, -0.2) is 43.3 Å². The van der Waals surface area contributed by atoms with Gasteiger partial charge in [0.2, 0.25) is 5.82 Å². The molecule has 9 nitrogen and oxygen atoms in total. The molecule has 1 aliphatic rings. The monoisotopic (exact) mass is 507 g/mol. The first kappa shape index (κ1) is 23.9. The molecule has 0 bridgehead atoms. The summed E-state index contributed by atoms with van der Waals surface area (Å²) in [5.74, 6) is 2.05. The van der Waals surface area contributed by atoms with Crippen LogP contribution in [0.15, 0.2) is 53.1 Å². The number of benzene rings is 2. The van der Waals surface area contributed by atoms with Crippen LogP contribution in [0.5, 0.6) is 5.75 Å². The van der Waals surface area contributed by atoms with Crippen molar-refractivity contribution in [3.05, 3.63) is 70.6 Å². The van der Waals surface area contributed by atoms with Crippen LogP contribution in [0.4, 0.5) is 4.79 Å². The number of nitrogens with zero attached hydrogens (tertiary/aromatic N) is 5. The third kappa shape index (κ3) is 4.92. The van der Waals surface area contributed by atoms with Gasteiger partial charge in [0, 0.05) is 24.3 Å². The molecule has 0 atom stereocenters. The Balaban J connectivity index is 1.30. The molecule has 0 saturated heterocycles. The van der Waals surface area contributed by atoms with Gasteiger partial charge < -0.3 is 18.6 Å². The first-order valence-electron chi connectivity index (χ1n) is 11.7. The Labute approximate surface area is 213 Å². The number of ether oxygens (including phenoxy) is 2. The fraction of sp³-hybridized carbons (Fsp3) is 0.308. The van der Waals surface area contributed by atoms with E-state index in [9.17, 15) is 4.79 Å². The molecule has 5 rings (SSSR count). The summed E-state index contributed by atoms with van der Waals surface area (Å²) < 4.78 is 18.8. The zero-order chi connectivity index (χ0) is 25.2. The molecule has 2 aromatic carbocycles. The van der Waals surface area contributed by atoms with E-state index in [2.05, 4.69) is 14.7 Å². The third-order valence-corrected chi connectivity index (χ3v) is 6.17. The minimum Gasteiger partial charge on any atom is -0.489 e. The van der Waals surface area contributed by atoms with Crippen LogP contribution >= 0.6 is 11.6 Å². The Kier molecular flexibility index (Phi) is 6.65. The highest BCUT2D eigenvalue weighted by Gasteiger charge is 2.28. The average molecular weight is 508 g/mol. The van der Waals surface area contributed by atoms with E-state index in [1.165, 1.54) is 0 Å². The molecule has 0 unspecified atom stereocenters. The van der Waals surface area contributed by atoms with Crippen LogP contribution in [0.25, 0.3) is 23.0 Å². The lowest BCUT2D eigenvalue weighted by Gasteiger charge is -2.27. The zero-order valence-electron chi connectivity index (χ0n) is 20.3. The van der Waals surface area contributed by atoms with Crippen LogP contribution in [0, 0.1) is 6.92 Å². The summed E-state index contributed by atoms with van der Waals surface area (Å²) in [4.78, 5) is 23.5. The van der Waals surface area contributed by atoms with E-state index < -0.39 is 0 Å². The van der Waals surface area contributed by atoms with Crippen molar-refractivity contribution in [3.8, 4) is 28.7 Å². The molecule has 0 aliphatic carbocycles. The lowest BCUT2D eigenvalue weighted by molar-refractivity contribution is 0.0860. The van der Waals surface area contributed by atoms with Crippen molar-refractivity contribution in [2.75, 3.05) is 6.54 Å². The number of fused-ring (bicyclic) bond motifs is 1. The molecule has 0 N–H and O–H groups in total. The summed E-state index contributed by atoms with van der Waals surface area (Å²) in [6.45, 7) is 7.52. The van der Waals surface area contributed by atoms with E-state index in [-0.39, 0.29) is 18.8 Å². The zero-order valence-corrected chi connectivity index (χ0v) is 21.0. The number of amides is 1. The maximum atomic E-state index is 12.6. The van der Waals surface area contributed by atoms with Crippen LogP contribution in [-0.2, 0) is 24.4 Å². The molecule has 0 saturated carbocycles. The van der Waals surface area contributed by atoms with Crippen molar-refractivity contribution in [2.24, 2.45) is 0 Å². The van der Waals surface area contributed by atoms with Crippen molar-refractivity contribution in [2.45, 2.75) is 46.6 Å². The number of carbonyl (C=O) groups is 1. The van der Waals surface area contributed by atoms with Crippen molar-refractivity contribution >= 4 is 17.7 Å². The fourth-order valence-electron chi connectivity index (χ4n) is 4.08. The van der Waals surface area contributed by atoms with Crippen LogP contribution in [0.3, 0.4) is 0 Å². The van der Waals surface area contributed by atoms with Gasteiger partial charge in [-0.25, -0.2) is 9.78 Å². The van der Waals surface area contributed by atoms with Gasteiger partial charge in [0.25, 0.3) is 5.89 Å². The number of halogens is 1. The van der Waals surface area contributed by atoms with Gasteiger partial charge in [-0.2, -0.15) is 4.98 Å². The lowest BCUT2D eigenvalue weighted by atomic mass is 10.2. The minimum absolute atomic E-state index is 0.0155. The predicted octanol–water partition coefficient (Wildman–Crippen LogP) is 5.50. The molecule has 1 amide bonds. The van der Waals surface area contributed by atoms with Crippen LogP contribution < -0.4 is 4.74 Å². The summed E-state index contributed by atoms with van der Waals surface area (Å²) in [6, 6.07) is 15.0. The van der Waals surface area contributed by atoms with E-state index in [1.54, 1.807) is 17.0 Å². The van der Waals surface area contributed by atoms with Crippen LogP contribution in [0.2, 0.25) is 5.02 Å². The summed E-state index contributed by atoms with van der Waals surface area (Å²) in [5, 5.41) is 4.59. The molecular weight excluding hydrogens is 482 g/mol. The van der Waals surface area contributed by atoms with E-state index >= 15 is 0 Å². The quantitative estimate of drug-likeness (QED) is 0.340. The van der Waals surface area contributed by atoms with Crippen LogP contribution in [0.1, 0.15) is 30.9 Å². The molecule has 0 fully saturated rings. The smallest absolute Gasteiger partial charge is 0.410 e. The van der Waals surface area contributed by atoms with Gasteiger partial charge >= 0.3 is 6.09 Å². The SMILES string of the molecule is Cc1c(-c2nc(-c3ccc(OC(C)C)c(Cl)c3)no2)nc2n1CCN(C(=O)OCc1ccccc1)C2. The topological polar surface area (TPSA) is 95.5 Å². The van der Waals surface area contributed by atoms with Crippen molar-refractivity contribution in [1.82, 2.24) is 24.6 Å². The Morgan fingerprint density at radius 2 is 1.94 bits per heavy atom. The van der Waals surface area contributed by atoms with Crippen molar-refractivity contribution in [3.63, 3.8) is 0 Å². The van der Waals surface area contributed by atoms with E-state index in [0.29, 0.717) is 53.4 Å². The maximum Gasteiger partial charge on any atom is 0.410 e. The predicted molar refractivity (Wildman–Crippen MR) is 134 cm³/mol. The minimum atomic E-state index is -0.367. The Hall–Kier alpha value is -3.85. The summed E-state index contributed by atoms with van der Waals surface area (Å²) in [5.41, 5.74) is 3.14. The van der Waals surface area contributed by atoms with Crippen molar-refractivity contribution in [1.29, 1.82) is 0 Å². The highest BCUT2D eigenvalue weighted by atomic mass is 35.5. The second kappa shape index (κ2) is 10.0. The second-order valence-electron chi connectivity index (χ2n) is 8.81. The summed E-state index contributed by atoms with van der Waals surface area (Å²) in [7, 11) is 0. The standard InChI is InChI=1S/C26H26ClN5O4/c1-16(2)35-21-10-9-19(13-20(21)27)24-29-25(36-30-24)23-17(3)32-12-11-31(14-22(32)28-23)26(33)34-15-18-7-5-4-6-8-18/h4-10,13,16H,11-12,14-15H2,1-3H3. The van der Waals surface area contributed by atoms with Gasteiger partial charge in [-0.05, 0) is 44.5 Å². The van der Waals surface area contributed by atoms with E-state index in [4.69, 9.17) is 30.6 Å².